The molecular weight excluding hydrogens is 208 g/mol. The van der Waals surface area contributed by atoms with Gasteiger partial charge in [0.2, 0.25) is 0 Å². The van der Waals surface area contributed by atoms with Crippen molar-refractivity contribution in [3.63, 3.8) is 0 Å². The number of nitrogens with zero attached hydrogens (tertiary/aromatic N) is 2. The number of hydrogen-bond acceptors (Lipinski definition) is 1. The summed E-state index contributed by atoms with van der Waals surface area (Å²) in [5.74, 6) is 0. The summed E-state index contributed by atoms with van der Waals surface area (Å²) in [4.78, 5) is 0. The molecule has 1 atom stereocenters. The first-order chi connectivity index (χ1) is 8.12. The van der Waals surface area contributed by atoms with Gasteiger partial charge in [-0.2, -0.15) is 5.10 Å². The lowest BCUT2D eigenvalue weighted by atomic mass is 9.78. The van der Waals surface area contributed by atoms with Crippen LogP contribution in [0.15, 0.2) is 12.3 Å². The fraction of sp³-hybridized carbons (Fsp3) is 0.800. The monoisotopic (exact) mass is 236 g/mol. The Morgan fingerprint density at radius 1 is 1.12 bits per heavy atom. The molecule has 0 spiro atoms. The Kier molecular flexibility index (Phi) is 5.73. The van der Waals surface area contributed by atoms with Gasteiger partial charge in [0.25, 0.3) is 0 Å². The minimum Gasteiger partial charge on any atom is -0.276 e. The summed E-state index contributed by atoms with van der Waals surface area (Å²) in [6.45, 7) is 6.92. The molecule has 0 bridgehead atoms. The lowest BCUT2D eigenvalue weighted by Gasteiger charge is -2.27. The van der Waals surface area contributed by atoms with E-state index in [9.17, 15) is 0 Å². The Labute approximate surface area is 106 Å². The second-order valence-electron chi connectivity index (χ2n) is 5.50. The van der Waals surface area contributed by atoms with Crippen molar-refractivity contribution in [2.75, 3.05) is 0 Å². The summed E-state index contributed by atoms with van der Waals surface area (Å²) in [5.41, 5.74) is 1.56. The van der Waals surface area contributed by atoms with Crippen molar-refractivity contribution in [1.82, 2.24) is 9.78 Å². The maximum absolute atomic E-state index is 4.62. The molecule has 0 radical (unpaired) electrons. The Hall–Kier alpha value is -0.790. The molecule has 0 saturated carbocycles. The van der Waals surface area contributed by atoms with Gasteiger partial charge in [0.1, 0.15) is 0 Å². The number of hydrogen-bond donors (Lipinski definition) is 0. The lowest BCUT2D eigenvalue weighted by Crippen LogP contribution is -2.22. The molecule has 1 aromatic rings. The average Bonchev–Trinajstić information content (AvgIpc) is 2.72. The van der Waals surface area contributed by atoms with Crippen molar-refractivity contribution < 1.29 is 0 Å². The molecule has 0 saturated heterocycles. The van der Waals surface area contributed by atoms with Crippen LogP contribution in [0.4, 0.5) is 0 Å². The molecule has 2 nitrogen and oxygen atoms in total. The third-order valence-electron chi connectivity index (χ3n) is 3.72. The predicted octanol–water partition coefficient (Wildman–Crippen LogP) is 4.45. The van der Waals surface area contributed by atoms with Crippen molar-refractivity contribution in [3.8, 4) is 0 Å². The topological polar surface area (TPSA) is 17.8 Å². The van der Waals surface area contributed by atoms with Crippen LogP contribution < -0.4 is 0 Å². The summed E-state index contributed by atoms with van der Waals surface area (Å²) < 4.78 is 1.93. The Morgan fingerprint density at radius 2 is 1.88 bits per heavy atom. The number of rotatable bonds is 8. The highest BCUT2D eigenvalue weighted by molar-refractivity contribution is 5.13. The van der Waals surface area contributed by atoms with E-state index in [0.717, 1.165) is 0 Å². The van der Waals surface area contributed by atoms with Gasteiger partial charge in [-0.05, 0) is 18.9 Å². The van der Waals surface area contributed by atoms with Gasteiger partial charge < -0.3 is 0 Å². The molecule has 1 aromatic heterocycles. The van der Waals surface area contributed by atoms with Crippen LogP contribution in [0.5, 0.6) is 0 Å². The van der Waals surface area contributed by atoms with Crippen LogP contribution in [0.3, 0.4) is 0 Å². The summed E-state index contributed by atoms with van der Waals surface area (Å²) in [5, 5.41) is 4.62. The quantitative estimate of drug-likeness (QED) is 0.610. The van der Waals surface area contributed by atoms with Crippen molar-refractivity contribution in [2.45, 2.75) is 71.1 Å². The van der Waals surface area contributed by atoms with Gasteiger partial charge in [0, 0.05) is 18.7 Å². The van der Waals surface area contributed by atoms with Gasteiger partial charge in [-0.15, -0.1) is 0 Å². The molecule has 2 heteroatoms. The molecule has 0 N–H and O–H groups in total. The number of aromatic nitrogens is 2. The van der Waals surface area contributed by atoms with Crippen LogP contribution in [-0.2, 0) is 12.5 Å². The Bertz CT molecular complexity index is 316. The molecule has 1 heterocycles. The zero-order valence-corrected chi connectivity index (χ0v) is 12.0. The summed E-state index contributed by atoms with van der Waals surface area (Å²) in [7, 11) is 2.01. The van der Waals surface area contributed by atoms with E-state index in [4.69, 9.17) is 0 Å². The van der Waals surface area contributed by atoms with Crippen molar-refractivity contribution in [3.05, 3.63) is 18.0 Å². The van der Waals surface area contributed by atoms with E-state index < -0.39 is 0 Å². The SMILES string of the molecule is CCCCCCC(C)(CCC)c1ccn(C)n1. The molecule has 0 aliphatic rings. The Balaban J connectivity index is 2.61. The zero-order chi connectivity index (χ0) is 12.7. The highest BCUT2D eigenvalue weighted by Crippen LogP contribution is 2.33. The number of unbranched alkanes of at least 4 members (excludes halogenated alkanes) is 3. The van der Waals surface area contributed by atoms with E-state index in [2.05, 4.69) is 38.1 Å². The summed E-state index contributed by atoms with van der Waals surface area (Å²) >= 11 is 0. The fourth-order valence-electron chi connectivity index (χ4n) is 2.61. The van der Waals surface area contributed by atoms with E-state index >= 15 is 0 Å². The largest absolute Gasteiger partial charge is 0.276 e. The van der Waals surface area contributed by atoms with E-state index in [-0.39, 0.29) is 5.41 Å². The van der Waals surface area contributed by atoms with Crippen molar-refractivity contribution in [2.24, 2.45) is 7.05 Å². The van der Waals surface area contributed by atoms with Gasteiger partial charge in [0.15, 0.2) is 0 Å². The maximum Gasteiger partial charge on any atom is 0.0683 e. The van der Waals surface area contributed by atoms with E-state index in [1.807, 2.05) is 11.7 Å². The molecule has 98 valence electrons. The van der Waals surface area contributed by atoms with Gasteiger partial charge in [-0.1, -0.05) is 52.9 Å². The number of aryl methyl sites for hydroxylation is 1. The van der Waals surface area contributed by atoms with Crippen LogP contribution in [0.1, 0.15) is 71.4 Å². The van der Waals surface area contributed by atoms with Gasteiger partial charge in [-0.25, -0.2) is 0 Å². The molecule has 0 aliphatic carbocycles. The highest BCUT2D eigenvalue weighted by Gasteiger charge is 2.27. The van der Waals surface area contributed by atoms with E-state index in [1.165, 1.54) is 50.6 Å². The van der Waals surface area contributed by atoms with Crippen LogP contribution in [0, 0.1) is 0 Å². The smallest absolute Gasteiger partial charge is 0.0683 e. The van der Waals surface area contributed by atoms with E-state index in [0.29, 0.717) is 0 Å². The average molecular weight is 236 g/mol. The lowest BCUT2D eigenvalue weighted by molar-refractivity contribution is 0.364. The first-order valence-electron chi connectivity index (χ1n) is 7.12. The molecule has 0 aliphatic heterocycles. The fourth-order valence-corrected chi connectivity index (χ4v) is 2.61. The molecule has 0 fully saturated rings. The second kappa shape index (κ2) is 6.83. The van der Waals surface area contributed by atoms with Crippen LogP contribution in [-0.4, -0.2) is 9.78 Å². The second-order valence-corrected chi connectivity index (χ2v) is 5.50. The molecule has 17 heavy (non-hydrogen) atoms. The van der Waals surface area contributed by atoms with Crippen molar-refractivity contribution in [1.29, 1.82) is 0 Å². The molecule has 1 unspecified atom stereocenters. The van der Waals surface area contributed by atoms with Crippen molar-refractivity contribution >= 4 is 0 Å². The molecule has 0 aromatic carbocycles. The minimum atomic E-state index is 0.281. The maximum atomic E-state index is 4.62. The van der Waals surface area contributed by atoms with Crippen LogP contribution in [0.2, 0.25) is 0 Å². The van der Waals surface area contributed by atoms with E-state index in [1.54, 1.807) is 0 Å². The molecule has 1 rings (SSSR count). The molecular formula is C15H28N2. The van der Waals surface area contributed by atoms with Gasteiger partial charge >= 0.3 is 0 Å². The van der Waals surface area contributed by atoms with Gasteiger partial charge in [-0.3, -0.25) is 4.68 Å². The standard InChI is InChI=1S/C15H28N2/c1-5-7-8-9-12-15(3,11-6-2)14-10-13-17(4)16-14/h10,13H,5-9,11-12H2,1-4H3. The first-order valence-corrected chi connectivity index (χ1v) is 7.12. The predicted molar refractivity (Wildman–Crippen MR) is 74.2 cm³/mol. The van der Waals surface area contributed by atoms with Gasteiger partial charge in [0.05, 0.1) is 5.69 Å². The summed E-state index contributed by atoms with van der Waals surface area (Å²) in [6, 6.07) is 2.19. The Morgan fingerprint density at radius 3 is 2.41 bits per heavy atom. The summed E-state index contributed by atoms with van der Waals surface area (Å²) in [6.07, 6.45) is 11.2. The normalized spacial score (nSPS) is 14.8. The highest BCUT2D eigenvalue weighted by atomic mass is 15.2. The zero-order valence-electron chi connectivity index (χ0n) is 12.0. The van der Waals surface area contributed by atoms with Crippen LogP contribution >= 0.6 is 0 Å². The van der Waals surface area contributed by atoms with Crippen LogP contribution in [0.25, 0.3) is 0 Å². The third-order valence-corrected chi connectivity index (χ3v) is 3.72. The first kappa shape index (κ1) is 14.3. The third kappa shape index (κ3) is 4.18. The minimum absolute atomic E-state index is 0.281. The molecule has 0 amide bonds.